The van der Waals surface area contributed by atoms with E-state index in [9.17, 15) is 4.79 Å². The topological polar surface area (TPSA) is 102 Å². The number of hydrogen-bond acceptors (Lipinski definition) is 6. The van der Waals surface area contributed by atoms with Crippen LogP contribution in [-0.4, -0.2) is 39.7 Å². The van der Waals surface area contributed by atoms with Crippen molar-refractivity contribution in [1.82, 2.24) is 9.97 Å². The first kappa shape index (κ1) is 17.2. The van der Waals surface area contributed by atoms with E-state index in [1.165, 1.54) is 32.1 Å². The molecule has 27 heavy (non-hydrogen) atoms. The standard InChI is InChI=1S/C20H29N5O2/c21-17(26)16-11-22-19(24-18(16)25-20-8-7-12(9-20)10-20)23-13-1-3-14(4-2-13)27-15-5-6-15/h11-15H,1-10H2,(H2,21,26)(H2,22,23,24,25)/t12?,13-,14-,20?. The van der Waals surface area contributed by atoms with Crippen LogP contribution in [0.5, 0.6) is 0 Å². The summed E-state index contributed by atoms with van der Waals surface area (Å²) in [5, 5.41) is 6.99. The lowest BCUT2D eigenvalue weighted by molar-refractivity contribution is 0.0146. The van der Waals surface area contributed by atoms with Crippen molar-refractivity contribution >= 4 is 17.7 Å². The third kappa shape index (κ3) is 3.61. The Morgan fingerprint density at radius 2 is 1.81 bits per heavy atom. The maximum absolute atomic E-state index is 11.8. The maximum Gasteiger partial charge on any atom is 0.254 e. The summed E-state index contributed by atoms with van der Waals surface area (Å²) in [5.74, 6) is 1.53. The summed E-state index contributed by atoms with van der Waals surface area (Å²) < 4.78 is 6.03. The lowest BCUT2D eigenvalue weighted by Gasteiger charge is -2.40. The maximum atomic E-state index is 11.8. The van der Waals surface area contributed by atoms with Crippen molar-refractivity contribution in [2.24, 2.45) is 11.7 Å². The van der Waals surface area contributed by atoms with Gasteiger partial charge in [-0.25, -0.2) is 4.98 Å². The molecule has 5 aliphatic rings. The van der Waals surface area contributed by atoms with Gasteiger partial charge in [0, 0.05) is 17.8 Å². The van der Waals surface area contributed by atoms with Crippen molar-refractivity contribution in [2.75, 3.05) is 10.6 Å². The molecule has 0 atom stereocenters. The van der Waals surface area contributed by atoms with Crippen molar-refractivity contribution in [2.45, 2.75) is 88.0 Å². The second-order valence-corrected chi connectivity index (χ2v) is 8.99. The largest absolute Gasteiger partial charge is 0.375 e. The van der Waals surface area contributed by atoms with Gasteiger partial charge in [0.15, 0.2) is 0 Å². The molecule has 0 aliphatic heterocycles. The Labute approximate surface area is 159 Å². The van der Waals surface area contributed by atoms with E-state index in [1.54, 1.807) is 6.20 Å². The number of rotatable bonds is 7. The van der Waals surface area contributed by atoms with Crippen LogP contribution in [0, 0.1) is 5.92 Å². The Hall–Kier alpha value is -1.89. The highest BCUT2D eigenvalue weighted by Crippen LogP contribution is 2.53. The van der Waals surface area contributed by atoms with Crippen molar-refractivity contribution in [3.8, 4) is 0 Å². The predicted octanol–water partition coefficient (Wildman–Crippen LogP) is 2.83. The van der Waals surface area contributed by atoms with Crippen LogP contribution < -0.4 is 16.4 Å². The molecule has 5 fully saturated rings. The first-order chi connectivity index (χ1) is 13.1. The number of nitrogens with zero attached hydrogens (tertiary/aromatic N) is 2. The van der Waals surface area contributed by atoms with Gasteiger partial charge in [-0.1, -0.05) is 0 Å². The Balaban J connectivity index is 1.24. The number of hydrogen-bond donors (Lipinski definition) is 3. The van der Waals surface area contributed by atoms with Gasteiger partial charge >= 0.3 is 0 Å². The fraction of sp³-hybridized carbons (Fsp3) is 0.750. The summed E-state index contributed by atoms with van der Waals surface area (Å²) in [6.45, 7) is 0. The van der Waals surface area contributed by atoms with E-state index >= 15 is 0 Å². The third-order valence-corrected chi connectivity index (χ3v) is 6.74. The molecule has 0 radical (unpaired) electrons. The lowest BCUT2D eigenvalue weighted by Crippen LogP contribution is -2.43. The van der Waals surface area contributed by atoms with Gasteiger partial charge in [0.2, 0.25) is 5.95 Å². The van der Waals surface area contributed by atoms with Crippen LogP contribution in [-0.2, 0) is 4.74 Å². The average molecular weight is 371 g/mol. The number of primary amides is 1. The van der Waals surface area contributed by atoms with Gasteiger partial charge in [0.1, 0.15) is 5.82 Å². The number of amides is 1. The smallest absolute Gasteiger partial charge is 0.254 e. The lowest BCUT2D eigenvalue weighted by atomic mass is 9.77. The molecule has 146 valence electrons. The number of nitrogens with one attached hydrogen (secondary N) is 2. The molecular weight excluding hydrogens is 342 g/mol. The van der Waals surface area contributed by atoms with Crippen molar-refractivity contribution in [3.63, 3.8) is 0 Å². The Bertz CT molecular complexity index is 716. The number of fused-ring (bicyclic) bond motifs is 1. The molecule has 1 aromatic heterocycles. The minimum atomic E-state index is -0.480. The van der Waals surface area contributed by atoms with Gasteiger partial charge in [0.25, 0.3) is 5.91 Å². The fourth-order valence-corrected chi connectivity index (χ4v) is 5.08. The zero-order valence-electron chi connectivity index (χ0n) is 15.7. The molecule has 7 heteroatoms. The van der Waals surface area contributed by atoms with E-state index in [0.717, 1.165) is 38.0 Å². The highest BCUT2D eigenvalue weighted by molar-refractivity contribution is 5.97. The minimum Gasteiger partial charge on any atom is -0.375 e. The Morgan fingerprint density at radius 3 is 2.41 bits per heavy atom. The monoisotopic (exact) mass is 371 g/mol. The SMILES string of the molecule is NC(=O)c1cnc(N[C@H]2CC[C@H](OC3CC3)CC2)nc1NC12CCC(C1)C2. The molecule has 1 amide bonds. The number of aromatic nitrogens is 2. The van der Waals surface area contributed by atoms with Gasteiger partial charge in [-0.3, -0.25) is 4.79 Å². The molecule has 0 saturated heterocycles. The summed E-state index contributed by atoms with van der Waals surface area (Å²) in [6, 6.07) is 0.356. The van der Waals surface area contributed by atoms with Crippen LogP contribution in [0.15, 0.2) is 6.20 Å². The quantitative estimate of drug-likeness (QED) is 0.681. The number of ether oxygens (including phenoxy) is 1. The van der Waals surface area contributed by atoms with E-state index in [-0.39, 0.29) is 5.54 Å². The molecule has 0 aromatic carbocycles. The van der Waals surface area contributed by atoms with Gasteiger partial charge in [-0.2, -0.15) is 4.98 Å². The van der Waals surface area contributed by atoms with Crippen molar-refractivity contribution in [3.05, 3.63) is 11.8 Å². The van der Waals surface area contributed by atoms with E-state index in [0.29, 0.717) is 35.6 Å². The predicted molar refractivity (Wildman–Crippen MR) is 103 cm³/mol. The zero-order valence-corrected chi connectivity index (χ0v) is 15.7. The molecule has 1 aromatic rings. The Morgan fingerprint density at radius 1 is 1.11 bits per heavy atom. The van der Waals surface area contributed by atoms with E-state index in [4.69, 9.17) is 10.5 Å². The van der Waals surface area contributed by atoms with Gasteiger partial charge in [-0.15, -0.1) is 0 Å². The molecule has 0 spiro atoms. The van der Waals surface area contributed by atoms with Crippen LogP contribution in [0.2, 0.25) is 0 Å². The van der Waals surface area contributed by atoms with E-state index in [1.807, 2.05) is 0 Å². The highest BCUT2D eigenvalue weighted by atomic mass is 16.5. The van der Waals surface area contributed by atoms with Gasteiger partial charge in [-0.05, 0) is 70.1 Å². The molecule has 0 unspecified atom stereocenters. The van der Waals surface area contributed by atoms with Gasteiger partial charge < -0.3 is 21.1 Å². The average Bonchev–Trinajstić information content (AvgIpc) is 3.22. The second kappa shape index (κ2) is 6.62. The van der Waals surface area contributed by atoms with Crippen LogP contribution in [0.4, 0.5) is 11.8 Å². The van der Waals surface area contributed by atoms with Crippen LogP contribution in [0.25, 0.3) is 0 Å². The van der Waals surface area contributed by atoms with Crippen LogP contribution >= 0.6 is 0 Å². The van der Waals surface area contributed by atoms with Crippen LogP contribution in [0.3, 0.4) is 0 Å². The molecule has 2 bridgehead atoms. The van der Waals surface area contributed by atoms with Crippen molar-refractivity contribution in [1.29, 1.82) is 0 Å². The third-order valence-electron chi connectivity index (χ3n) is 6.74. The second-order valence-electron chi connectivity index (χ2n) is 8.99. The first-order valence-electron chi connectivity index (χ1n) is 10.5. The molecule has 4 N–H and O–H groups in total. The summed E-state index contributed by atoms with van der Waals surface area (Å²) in [6.07, 6.45) is 14.0. The molecule has 7 nitrogen and oxygen atoms in total. The molecule has 6 rings (SSSR count). The fourth-order valence-electron chi connectivity index (χ4n) is 5.08. The normalized spacial score (nSPS) is 34.7. The van der Waals surface area contributed by atoms with Crippen molar-refractivity contribution < 1.29 is 9.53 Å². The van der Waals surface area contributed by atoms with E-state index in [2.05, 4.69) is 20.6 Å². The molecule has 1 heterocycles. The van der Waals surface area contributed by atoms with Crippen LogP contribution in [0.1, 0.15) is 74.6 Å². The molecule has 5 aliphatic carbocycles. The van der Waals surface area contributed by atoms with E-state index < -0.39 is 5.91 Å². The number of anilines is 2. The highest BCUT2D eigenvalue weighted by Gasteiger charge is 2.50. The summed E-state index contributed by atoms with van der Waals surface area (Å²) in [7, 11) is 0. The molecular formula is C20H29N5O2. The number of carbonyl (C=O) groups excluding carboxylic acids is 1. The zero-order chi connectivity index (χ0) is 18.4. The Kier molecular flexibility index (Phi) is 4.22. The first-order valence-corrected chi connectivity index (χ1v) is 10.5. The number of carbonyl (C=O) groups is 1. The van der Waals surface area contributed by atoms with Gasteiger partial charge in [0.05, 0.1) is 17.8 Å². The summed E-state index contributed by atoms with van der Waals surface area (Å²) in [4.78, 5) is 20.8. The molecule has 5 saturated carbocycles. The minimum absolute atomic E-state index is 0.110. The summed E-state index contributed by atoms with van der Waals surface area (Å²) in [5.41, 5.74) is 6.04. The number of nitrogens with two attached hydrogens (primary N) is 1. The summed E-state index contributed by atoms with van der Waals surface area (Å²) >= 11 is 0.